The Labute approximate surface area is 109 Å². The number of alkyl halides is 1. The summed E-state index contributed by atoms with van der Waals surface area (Å²) in [7, 11) is 0. The molecule has 5 nitrogen and oxygen atoms in total. The van der Waals surface area contributed by atoms with Crippen molar-refractivity contribution >= 4 is 34.7 Å². The van der Waals surface area contributed by atoms with Crippen LogP contribution in [0, 0.1) is 0 Å². The average Bonchev–Trinajstić information content (AvgIpc) is 1.98. The second-order valence-corrected chi connectivity index (χ2v) is 5.50. The first-order valence-electron chi connectivity index (χ1n) is 5.02. The first-order chi connectivity index (χ1) is 7.24. The van der Waals surface area contributed by atoms with E-state index in [0.29, 0.717) is 6.42 Å². The van der Waals surface area contributed by atoms with Crippen molar-refractivity contribution in [2.75, 3.05) is 4.43 Å². The van der Waals surface area contributed by atoms with Gasteiger partial charge in [-0.3, -0.25) is 4.79 Å². The number of carboxylic acids is 1. The second kappa shape index (κ2) is 6.93. The van der Waals surface area contributed by atoms with Gasteiger partial charge in [0.05, 0.1) is 6.42 Å². The number of halogens is 1. The van der Waals surface area contributed by atoms with E-state index in [1.807, 2.05) is 0 Å². The first-order valence-corrected chi connectivity index (χ1v) is 6.54. The predicted octanol–water partition coefficient (Wildman–Crippen LogP) is 2.18. The maximum Gasteiger partial charge on any atom is 0.407 e. The lowest BCUT2D eigenvalue weighted by atomic mass is 10.1. The molecule has 0 aliphatic rings. The highest BCUT2D eigenvalue weighted by Crippen LogP contribution is 2.08. The number of nitrogens with one attached hydrogen (secondary N) is 1. The quantitative estimate of drug-likeness (QED) is 0.593. The van der Waals surface area contributed by atoms with Gasteiger partial charge in [-0.05, 0) is 27.2 Å². The smallest absolute Gasteiger partial charge is 0.407 e. The van der Waals surface area contributed by atoms with Crippen molar-refractivity contribution in [3.05, 3.63) is 0 Å². The molecule has 2 N–H and O–H groups in total. The molecule has 0 bridgehead atoms. The van der Waals surface area contributed by atoms with Crippen LogP contribution in [0.2, 0.25) is 0 Å². The number of hydrogen-bond acceptors (Lipinski definition) is 3. The van der Waals surface area contributed by atoms with Gasteiger partial charge in [0.25, 0.3) is 0 Å². The van der Waals surface area contributed by atoms with Gasteiger partial charge in [0.15, 0.2) is 0 Å². The van der Waals surface area contributed by atoms with E-state index in [9.17, 15) is 9.59 Å². The molecule has 6 heteroatoms. The van der Waals surface area contributed by atoms with Crippen molar-refractivity contribution in [1.29, 1.82) is 0 Å². The predicted molar refractivity (Wildman–Crippen MR) is 68.9 cm³/mol. The highest BCUT2D eigenvalue weighted by molar-refractivity contribution is 14.1. The van der Waals surface area contributed by atoms with Crippen LogP contribution in [0.4, 0.5) is 4.79 Å². The van der Waals surface area contributed by atoms with Crippen molar-refractivity contribution in [1.82, 2.24) is 5.32 Å². The van der Waals surface area contributed by atoms with Gasteiger partial charge in [0, 0.05) is 10.5 Å². The van der Waals surface area contributed by atoms with Crippen LogP contribution in [0.5, 0.6) is 0 Å². The number of amides is 1. The van der Waals surface area contributed by atoms with Crippen molar-refractivity contribution < 1.29 is 19.4 Å². The summed E-state index contributed by atoms with van der Waals surface area (Å²) in [5, 5.41) is 11.2. The number of carbonyl (C=O) groups excluding carboxylic acids is 1. The Bertz CT molecular complexity index is 250. The maximum atomic E-state index is 11.4. The largest absolute Gasteiger partial charge is 0.481 e. The summed E-state index contributed by atoms with van der Waals surface area (Å²) >= 11 is 2.14. The van der Waals surface area contributed by atoms with Gasteiger partial charge in [-0.1, -0.05) is 22.6 Å². The lowest BCUT2D eigenvalue weighted by Gasteiger charge is -2.22. The van der Waals surface area contributed by atoms with Crippen LogP contribution < -0.4 is 5.32 Å². The Morgan fingerprint density at radius 1 is 1.44 bits per heavy atom. The van der Waals surface area contributed by atoms with Gasteiger partial charge >= 0.3 is 12.1 Å². The molecule has 0 spiro atoms. The third-order valence-corrected chi connectivity index (χ3v) is 2.22. The van der Waals surface area contributed by atoms with Crippen LogP contribution in [-0.4, -0.2) is 33.2 Å². The zero-order valence-electron chi connectivity index (χ0n) is 9.75. The molecule has 0 aliphatic carbocycles. The number of carboxylic acid groups (broad SMARTS) is 1. The van der Waals surface area contributed by atoms with Crippen LogP contribution >= 0.6 is 22.6 Å². The summed E-state index contributed by atoms with van der Waals surface area (Å²) in [4.78, 5) is 22.0. The highest BCUT2D eigenvalue weighted by atomic mass is 127. The molecule has 0 aliphatic heterocycles. The number of ether oxygens (including phenoxy) is 1. The van der Waals surface area contributed by atoms with Crippen LogP contribution in [-0.2, 0) is 9.53 Å². The Morgan fingerprint density at radius 3 is 2.38 bits per heavy atom. The molecule has 0 unspecified atom stereocenters. The topological polar surface area (TPSA) is 75.6 Å². The van der Waals surface area contributed by atoms with Gasteiger partial charge in [0.1, 0.15) is 5.60 Å². The van der Waals surface area contributed by atoms with E-state index in [1.165, 1.54) is 0 Å². The fourth-order valence-corrected chi connectivity index (χ4v) is 1.79. The monoisotopic (exact) mass is 343 g/mol. The summed E-state index contributed by atoms with van der Waals surface area (Å²) in [6.45, 7) is 5.28. The molecule has 0 saturated carbocycles. The minimum Gasteiger partial charge on any atom is -0.481 e. The Balaban J connectivity index is 4.17. The molecule has 0 aromatic heterocycles. The lowest BCUT2D eigenvalue weighted by molar-refractivity contribution is -0.137. The van der Waals surface area contributed by atoms with Gasteiger partial charge in [-0.25, -0.2) is 4.79 Å². The molecule has 94 valence electrons. The summed E-state index contributed by atoms with van der Waals surface area (Å²) < 4.78 is 5.83. The molecule has 16 heavy (non-hydrogen) atoms. The van der Waals surface area contributed by atoms with E-state index in [1.54, 1.807) is 20.8 Å². The third-order valence-electron chi connectivity index (χ3n) is 1.60. The number of carbonyl (C=O) groups is 2. The lowest BCUT2D eigenvalue weighted by Crippen LogP contribution is -2.40. The summed E-state index contributed by atoms with van der Waals surface area (Å²) in [5.74, 6) is -0.925. The average molecular weight is 343 g/mol. The second-order valence-electron chi connectivity index (χ2n) is 4.42. The van der Waals surface area contributed by atoms with Gasteiger partial charge < -0.3 is 15.2 Å². The molecule has 0 aromatic carbocycles. The number of rotatable bonds is 5. The Morgan fingerprint density at radius 2 is 2.00 bits per heavy atom. The molecule has 1 amide bonds. The zero-order chi connectivity index (χ0) is 12.8. The molecular weight excluding hydrogens is 325 g/mol. The molecule has 1 atom stereocenters. The van der Waals surface area contributed by atoms with E-state index >= 15 is 0 Å². The minimum atomic E-state index is -0.925. The molecule has 0 saturated heterocycles. The van der Waals surface area contributed by atoms with Crippen LogP contribution in [0.1, 0.15) is 33.6 Å². The minimum absolute atomic E-state index is 0.0811. The van der Waals surface area contributed by atoms with Crippen LogP contribution in [0.25, 0.3) is 0 Å². The van der Waals surface area contributed by atoms with E-state index < -0.39 is 17.7 Å². The number of hydrogen-bond donors (Lipinski definition) is 2. The molecule has 0 heterocycles. The summed E-state index contributed by atoms with van der Waals surface area (Å²) in [6, 6.07) is -0.371. The Hall–Kier alpha value is -0.530. The number of aliphatic carboxylic acids is 1. The van der Waals surface area contributed by atoms with E-state index in [0.717, 1.165) is 4.43 Å². The highest BCUT2D eigenvalue weighted by Gasteiger charge is 2.20. The summed E-state index contributed by atoms with van der Waals surface area (Å²) in [6.07, 6.45) is -0.0301. The normalized spacial score (nSPS) is 13.0. The Kier molecular flexibility index (Phi) is 6.70. The summed E-state index contributed by atoms with van der Waals surface area (Å²) in [5.41, 5.74) is -0.567. The number of alkyl carbamates (subject to hydrolysis) is 1. The fraction of sp³-hybridized carbons (Fsp3) is 0.800. The van der Waals surface area contributed by atoms with E-state index in [2.05, 4.69) is 27.9 Å². The molecule has 0 aromatic rings. The molecule has 0 rings (SSSR count). The van der Waals surface area contributed by atoms with Crippen molar-refractivity contribution in [2.45, 2.75) is 45.3 Å². The zero-order valence-corrected chi connectivity index (χ0v) is 11.9. The standard InChI is InChI=1S/C10H18INO4/c1-10(2,3)16-9(15)12-7(4-5-11)6-8(13)14/h7H,4-6H2,1-3H3,(H,12,15)(H,13,14)/t7-/m0/s1. The maximum absolute atomic E-state index is 11.4. The van der Waals surface area contributed by atoms with Crippen molar-refractivity contribution in [2.24, 2.45) is 0 Å². The van der Waals surface area contributed by atoms with Gasteiger partial charge in [-0.15, -0.1) is 0 Å². The van der Waals surface area contributed by atoms with Crippen molar-refractivity contribution in [3.8, 4) is 0 Å². The van der Waals surface area contributed by atoms with Crippen LogP contribution in [0.3, 0.4) is 0 Å². The first kappa shape index (κ1) is 15.5. The molecule has 0 fully saturated rings. The SMILES string of the molecule is CC(C)(C)OC(=O)N[C@@H](CCI)CC(=O)O. The third kappa shape index (κ3) is 8.75. The molecule has 0 radical (unpaired) electrons. The van der Waals surface area contributed by atoms with E-state index in [4.69, 9.17) is 9.84 Å². The fourth-order valence-electron chi connectivity index (χ4n) is 1.04. The van der Waals surface area contributed by atoms with Crippen molar-refractivity contribution in [3.63, 3.8) is 0 Å². The van der Waals surface area contributed by atoms with Gasteiger partial charge in [-0.2, -0.15) is 0 Å². The van der Waals surface area contributed by atoms with Crippen LogP contribution in [0.15, 0.2) is 0 Å². The molecular formula is C10H18INO4. The van der Waals surface area contributed by atoms with E-state index in [-0.39, 0.29) is 12.5 Å². The van der Waals surface area contributed by atoms with Gasteiger partial charge in [0.2, 0.25) is 0 Å².